The van der Waals surface area contributed by atoms with Crippen LogP contribution in [-0.2, 0) is 6.54 Å². The van der Waals surface area contributed by atoms with Crippen molar-refractivity contribution in [3.05, 3.63) is 35.4 Å². The van der Waals surface area contributed by atoms with Crippen molar-refractivity contribution in [3.8, 4) is 0 Å². The summed E-state index contributed by atoms with van der Waals surface area (Å²) in [6.45, 7) is 9.02. The van der Waals surface area contributed by atoms with E-state index in [1.165, 1.54) is 5.56 Å². The SMILES string of the molecule is CC1CCN(C(=O)NCc2ccc(C(C)C)cc2)CC1. The summed E-state index contributed by atoms with van der Waals surface area (Å²) in [5.74, 6) is 1.30. The maximum atomic E-state index is 12.1. The summed E-state index contributed by atoms with van der Waals surface area (Å²) in [4.78, 5) is 14.0. The van der Waals surface area contributed by atoms with Crippen LogP contribution in [0.2, 0.25) is 0 Å². The van der Waals surface area contributed by atoms with E-state index >= 15 is 0 Å². The third kappa shape index (κ3) is 3.99. The normalized spacial score (nSPS) is 16.5. The molecule has 1 aliphatic heterocycles. The predicted octanol–water partition coefficient (Wildman–Crippen LogP) is 3.75. The van der Waals surface area contributed by atoms with Crippen molar-refractivity contribution in [2.45, 2.75) is 46.1 Å². The molecule has 3 nitrogen and oxygen atoms in total. The molecule has 2 rings (SSSR count). The molecule has 1 saturated heterocycles. The molecule has 0 atom stereocenters. The van der Waals surface area contributed by atoms with E-state index in [1.54, 1.807) is 0 Å². The van der Waals surface area contributed by atoms with E-state index in [0.29, 0.717) is 12.5 Å². The first-order chi connectivity index (χ1) is 9.56. The maximum absolute atomic E-state index is 12.1. The van der Waals surface area contributed by atoms with Gasteiger partial charge in [-0.1, -0.05) is 45.0 Å². The Morgan fingerprint density at radius 1 is 1.25 bits per heavy atom. The zero-order valence-corrected chi connectivity index (χ0v) is 12.9. The van der Waals surface area contributed by atoms with Crippen LogP contribution in [0.15, 0.2) is 24.3 Å². The van der Waals surface area contributed by atoms with Crippen LogP contribution in [0.3, 0.4) is 0 Å². The molecule has 1 aliphatic rings. The van der Waals surface area contributed by atoms with Crippen LogP contribution >= 0.6 is 0 Å². The van der Waals surface area contributed by atoms with Crippen molar-refractivity contribution in [2.24, 2.45) is 5.92 Å². The van der Waals surface area contributed by atoms with Crippen LogP contribution in [0.1, 0.15) is 50.7 Å². The molecule has 1 aromatic rings. The van der Waals surface area contributed by atoms with E-state index in [2.05, 4.69) is 50.4 Å². The lowest BCUT2D eigenvalue weighted by Crippen LogP contribution is -2.43. The first-order valence-electron chi connectivity index (χ1n) is 7.68. The van der Waals surface area contributed by atoms with Gasteiger partial charge in [0, 0.05) is 19.6 Å². The first kappa shape index (κ1) is 14.9. The molecule has 0 aromatic heterocycles. The van der Waals surface area contributed by atoms with Gasteiger partial charge in [0.25, 0.3) is 0 Å². The number of nitrogens with one attached hydrogen (secondary N) is 1. The molecule has 1 fully saturated rings. The standard InChI is InChI=1S/C17H26N2O/c1-13(2)16-6-4-15(5-7-16)12-18-17(20)19-10-8-14(3)9-11-19/h4-7,13-14H,8-12H2,1-3H3,(H,18,20). The Morgan fingerprint density at radius 3 is 2.40 bits per heavy atom. The van der Waals surface area contributed by atoms with Crippen molar-refractivity contribution in [1.82, 2.24) is 10.2 Å². The molecule has 0 radical (unpaired) electrons. The van der Waals surface area contributed by atoms with Crippen molar-refractivity contribution < 1.29 is 4.79 Å². The van der Waals surface area contributed by atoms with Gasteiger partial charge in [-0.05, 0) is 35.8 Å². The molecular formula is C17H26N2O. The van der Waals surface area contributed by atoms with E-state index < -0.39 is 0 Å². The molecule has 110 valence electrons. The lowest BCUT2D eigenvalue weighted by Gasteiger charge is -2.30. The van der Waals surface area contributed by atoms with Gasteiger partial charge in [-0.2, -0.15) is 0 Å². The Morgan fingerprint density at radius 2 is 1.85 bits per heavy atom. The summed E-state index contributed by atoms with van der Waals surface area (Å²) in [7, 11) is 0. The molecular weight excluding hydrogens is 248 g/mol. The van der Waals surface area contributed by atoms with Crippen LogP contribution < -0.4 is 5.32 Å². The van der Waals surface area contributed by atoms with Crippen LogP contribution in [0, 0.1) is 5.92 Å². The second-order valence-electron chi connectivity index (χ2n) is 6.22. The third-order valence-corrected chi connectivity index (χ3v) is 4.16. The Labute approximate surface area is 122 Å². The van der Waals surface area contributed by atoms with E-state index in [9.17, 15) is 4.79 Å². The van der Waals surface area contributed by atoms with Crippen LogP contribution in [0.4, 0.5) is 4.79 Å². The zero-order valence-electron chi connectivity index (χ0n) is 12.9. The molecule has 1 heterocycles. The van der Waals surface area contributed by atoms with Crippen molar-refractivity contribution in [3.63, 3.8) is 0 Å². The number of carbonyl (C=O) groups is 1. The average Bonchev–Trinajstić information content (AvgIpc) is 2.46. The first-order valence-corrected chi connectivity index (χ1v) is 7.68. The van der Waals surface area contributed by atoms with Gasteiger partial charge in [-0.15, -0.1) is 0 Å². The Hall–Kier alpha value is -1.51. The number of amides is 2. The lowest BCUT2D eigenvalue weighted by atomic mass is 10.00. The highest BCUT2D eigenvalue weighted by Crippen LogP contribution is 2.16. The summed E-state index contributed by atoms with van der Waals surface area (Å²) in [5, 5.41) is 3.02. The summed E-state index contributed by atoms with van der Waals surface area (Å²) < 4.78 is 0. The molecule has 0 saturated carbocycles. The Bertz CT molecular complexity index is 431. The summed E-state index contributed by atoms with van der Waals surface area (Å²) in [6, 6.07) is 8.58. The molecule has 0 spiro atoms. The number of carbonyl (C=O) groups excluding carboxylic acids is 1. The molecule has 3 heteroatoms. The molecule has 1 aromatic carbocycles. The van der Waals surface area contributed by atoms with Crippen molar-refractivity contribution >= 4 is 6.03 Å². The maximum Gasteiger partial charge on any atom is 0.317 e. The molecule has 2 amide bonds. The fraction of sp³-hybridized carbons (Fsp3) is 0.588. The monoisotopic (exact) mass is 274 g/mol. The van der Waals surface area contributed by atoms with Crippen molar-refractivity contribution in [2.75, 3.05) is 13.1 Å². The van der Waals surface area contributed by atoms with Gasteiger partial charge in [0.2, 0.25) is 0 Å². The largest absolute Gasteiger partial charge is 0.334 e. The van der Waals surface area contributed by atoms with Crippen molar-refractivity contribution in [1.29, 1.82) is 0 Å². The highest BCUT2D eigenvalue weighted by molar-refractivity contribution is 5.74. The minimum absolute atomic E-state index is 0.0739. The van der Waals surface area contributed by atoms with Gasteiger partial charge in [0.05, 0.1) is 0 Å². The average molecular weight is 274 g/mol. The Kier molecular flexibility index (Phi) is 5.05. The smallest absolute Gasteiger partial charge is 0.317 e. The molecule has 20 heavy (non-hydrogen) atoms. The second kappa shape index (κ2) is 6.78. The highest BCUT2D eigenvalue weighted by atomic mass is 16.2. The fourth-order valence-electron chi connectivity index (χ4n) is 2.52. The van der Waals surface area contributed by atoms with Gasteiger partial charge in [0.1, 0.15) is 0 Å². The minimum atomic E-state index is 0.0739. The zero-order chi connectivity index (χ0) is 14.5. The molecule has 0 unspecified atom stereocenters. The summed E-state index contributed by atoms with van der Waals surface area (Å²) in [6.07, 6.45) is 2.24. The number of hydrogen-bond acceptors (Lipinski definition) is 1. The molecule has 0 bridgehead atoms. The van der Waals surface area contributed by atoms with Gasteiger partial charge in [0.15, 0.2) is 0 Å². The third-order valence-electron chi connectivity index (χ3n) is 4.16. The number of benzene rings is 1. The number of rotatable bonds is 3. The van der Waals surface area contributed by atoms with E-state index in [4.69, 9.17) is 0 Å². The van der Waals surface area contributed by atoms with Gasteiger partial charge >= 0.3 is 6.03 Å². The van der Waals surface area contributed by atoms with Gasteiger partial charge in [-0.25, -0.2) is 4.79 Å². The number of piperidine rings is 1. The van der Waals surface area contributed by atoms with Crippen LogP contribution in [-0.4, -0.2) is 24.0 Å². The van der Waals surface area contributed by atoms with Crippen LogP contribution in [0.5, 0.6) is 0 Å². The summed E-state index contributed by atoms with van der Waals surface area (Å²) >= 11 is 0. The van der Waals surface area contributed by atoms with Gasteiger partial charge in [-0.3, -0.25) is 0 Å². The quantitative estimate of drug-likeness (QED) is 0.894. The number of hydrogen-bond donors (Lipinski definition) is 1. The van der Waals surface area contributed by atoms with Gasteiger partial charge < -0.3 is 10.2 Å². The van der Waals surface area contributed by atoms with E-state index in [0.717, 1.165) is 37.4 Å². The number of nitrogens with zero attached hydrogens (tertiary/aromatic N) is 1. The second-order valence-corrected chi connectivity index (χ2v) is 6.22. The Balaban J connectivity index is 1.81. The number of likely N-dealkylation sites (tertiary alicyclic amines) is 1. The van der Waals surface area contributed by atoms with Crippen LogP contribution in [0.25, 0.3) is 0 Å². The predicted molar refractivity (Wildman–Crippen MR) is 82.7 cm³/mol. The fourth-order valence-corrected chi connectivity index (χ4v) is 2.52. The molecule has 0 aliphatic carbocycles. The lowest BCUT2D eigenvalue weighted by molar-refractivity contribution is 0.173. The van der Waals surface area contributed by atoms with E-state index in [-0.39, 0.29) is 6.03 Å². The number of urea groups is 1. The highest BCUT2D eigenvalue weighted by Gasteiger charge is 2.19. The molecule has 1 N–H and O–H groups in total. The minimum Gasteiger partial charge on any atom is -0.334 e. The topological polar surface area (TPSA) is 32.3 Å². The van der Waals surface area contributed by atoms with E-state index in [1.807, 2.05) is 4.90 Å². The summed E-state index contributed by atoms with van der Waals surface area (Å²) in [5.41, 5.74) is 2.50.